The Morgan fingerprint density at radius 3 is 2.66 bits per heavy atom. The number of carboxylic acids is 1. The summed E-state index contributed by atoms with van der Waals surface area (Å²) in [6.45, 7) is 4.08. The maximum Gasteiger partial charge on any atom is 0.307 e. The largest absolute Gasteiger partial charge is 0.490 e. The molecule has 4 aromatic rings. The quantitative estimate of drug-likeness (QED) is 0.387. The molecule has 1 atom stereocenters. The minimum absolute atomic E-state index is 0.0574. The van der Waals surface area contributed by atoms with Crippen molar-refractivity contribution in [1.82, 2.24) is 4.57 Å². The number of ether oxygens (including phenoxy) is 2. The van der Waals surface area contributed by atoms with E-state index in [0.717, 1.165) is 27.3 Å². The van der Waals surface area contributed by atoms with Crippen LogP contribution in [0.3, 0.4) is 0 Å². The van der Waals surface area contributed by atoms with E-state index in [0.29, 0.717) is 34.7 Å². The zero-order valence-corrected chi connectivity index (χ0v) is 20.3. The van der Waals surface area contributed by atoms with Gasteiger partial charge in [-0.3, -0.25) is 14.2 Å². The SMILES string of the molecule is Cc1cc(OCC2CSc3ccccc3O2)ccc1C(=O)n1c(C)c(CC(=O)O)c2ccccc21. The molecule has 0 spiro atoms. The molecule has 0 fully saturated rings. The Morgan fingerprint density at radius 2 is 1.86 bits per heavy atom. The van der Waals surface area contributed by atoms with Crippen LogP contribution in [0.5, 0.6) is 11.5 Å². The van der Waals surface area contributed by atoms with E-state index in [2.05, 4.69) is 6.07 Å². The summed E-state index contributed by atoms with van der Waals surface area (Å²) in [6, 6.07) is 20.8. The molecule has 1 aliphatic rings. The number of carbonyl (C=O) groups excluding carboxylic acids is 1. The molecule has 5 rings (SSSR count). The van der Waals surface area contributed by atoms with Crippen molar-refractivity contribution in [2.24, 2.45) is 0 Å². The summed E-state index contributed by atoms with van der Waals surface area (Å²) in [5.74, 6) is 1.25. The fourth-order valence-corrected chi connectivity index (χ4v) is 5.45. The van der Waals surface area contributed by atoms with E-state index in [9.17, 15) is 14.7 Å². The van der Waals surface area contributed by atoms with Gasteiger partial charge in [0.15, 0.2) is 0 Å². The highest BCUT2D eigenvalue weighted by Gasteiger charge is 2.23. The van der Waals surface area contributed by atoms with Crippen LogP contribution in [0.1, 0.15) is 27.2 Å². The van der Waals surface area contributed by atoms with Crippen LogP contribution < -0.4 is 9.47 Å². The van der Waals surface area contributed by atoms with Crippen LogP contribution in [0.2, 0.25) is 0 Å². The van der Waals surface area contributed by atoms with Crippen LogP contribution in [0.25, 0.3) is 10.9 Å². The summed E-state index contributed by atoms with van der Waals surface area (Å²) in [7, 11) is 0. The molecule has 1 N–H and O–H groups in total. The second kappa shape index (κ2) is 9.50. The van der Waals surface area contributed by atoms with Gasteiger partial charge in [-0.1, -0.05) is 30.3 Å². The van der Waals surface area contributed by atoms with Crippen molar-refractivity contribution < 1.29 is 24.2 Å². The number of fused-ring (bicyclic) bond motifs is 2. The zero-order chi connectivity index (χ0) is 24.5. The molecular weight excluding hydrogens is 462 g/mol. The number of aliphatic carboxylic acids is 1. The molecule has 0 radical (unpaired) electrons. The fourth-order valence-electron chi connectivity index (χ4n) is 4.49. The molecule has 7 heteroatoms. The monoisotopic (exact) mass is 487 g/mol. The summed E-state index contributed by atoms with van der Waals surface area (Å²) >= 11 is 1.76. The van der Waals surface area contributed by atoms with E-state index in [1.807, 2.05) is 55.5 Å². The van der Waals surface area contributed by atoms with Crippen LogP contribution in [0, 0.1) is 13.8 Å². The summed E-state index contributed by atoms with van der Waals surface area (Å²) in [5, 5.41) is 10.1. The highest BCUT2D eigenvalue weighted by atomic mass is 32.2. The van der Waals surface area contributed by atoms with E-state index in [4.69, 9.17) is 9.47 Å². The van der Waals surface area contributed by atoms with Gasteiger partial charge >= 0.3 is 5.97 Å². The van der Waals surface area contributed by atoms with Gasteiger partial charge in [0.25, 0.3) is 5.91 Å². The van der Waals surface area contributed by atoms with E-state index in [1.54, 1.807) is 35.4 Å². The highest BCUT2D eigenvalue weighted by molar-refractivity contribution is 7.99. The number of nitrogens with zero attached hydrogens (tertiary/aromatic N) is 1. The minimum Gasteiger partial charge on any atom is -0.490 e. The molecule has 35 heavy (non-hydrogen) atoms. The molecule has 0 aliphatic carbocycles. The lowest BCUT2D eigenvalue weighted by Gasteiger charge is -2.25. The standard InChI is InChI=1S/C28H25NO5S/c1-17-13-19(33-15-20-16-35-26-10-6-5-9-25(26)34-20)11-12-21(17)28(32)29-18(2)23(14-27(30)31)22-7-3-4-8-24(22)29/h3-13,20H,14-16H2,1-2H3,(H,30,31). The number of hydrogen-bond donors (Lipinski definition) is 1. The molecule has 0 bridgehead atoms. The van der Waals surface area contributed by atoms with Crippen LogP contribution >= 0.6 is 11.8 Å². The van der Waals surface area contributed by atoms with E-state index >= 15 is 0 Å². The lowest BCUT2D eigenvalue weighted by molar-refractivity contribution is -0.136. The molecule has 3 aromatic carbocycles. The van der Waals surface area contributed by atoms with Crippen molar-refractivity contribution in [3.05, 3.63) is 89.1 Å². The first-order chi connectivity index (χ1) is 16.9. The third-order valence-corrected chi connectivity index (χ3v) is 7.39. The Balaban J connectivity index is 1.36. The molecule has 2 heterocycles. The Morgan fingerprint density at radius 1 is 1.09 bits per heavy atom. The van der Waals surface area contributed by atoms with E-state index in [1.165, 1.54) is 0 Å². The van der Waals surface area contributed by atoms with Crippen LogP contribution in [0.15, 0.2) is 71.6 Å². The second-order valence-corrected chi connectivity index (χ2v) is 9.64. The number of para-hydroxylation sites is 2. The molecule has 1 unspecified atom stereocenters. The first-order valence-corrected chi connectivity index (χ1v) is 12.4. The second-order valence-electron chi connectivity index (χ2n) is 8.58. The average Bonchev–Trinajstić information content (AvgIpc) is 3.13. The Kier molecular flexibility index (Phi) is 6.26. The fraction of sp³-hybridized carbons (Fsp3) is 0.214. The predicted molar refractivity (Wildman–Crippen MR) is 136 cm³/mol. The molecule has 0 amide bonds. The van der Waals surface area contributed by atoms with Gasteiger partial charge in [-0.15, -0.1) is 11.8 Å². The number of benzene rings is 3. The Hall–Kier alpha value is -3.71. The van der Waals surface area contributed by atoms with Crippen molar-refractivity contribution in [3.8, 4) is 11.5 Å². The van der Waals surface area contributed by atoms with Crippen molar-refractivity contribution in [2.45, 2.75) is 31.3 Å². The van der Waals surface area contributed by atoms with Gasteiger partial charge in [-0.2, -0.15) is 0 Å². The smallest absolute Gasteiger partial charge is 0.307 e. The van der Waals surface area contributed by atoms with Gasteiger partial charge in [-0.25, -0.2) is 0 Å². The van der Waals surface area contributed by atoms with Crippen LogP contribution in [-0.2, 0) is 11.2 Å². The normalized spacial score (nSPS) is 14.9. The zero-order valence-electron chi connectivity index (χ0n) is 19.5. The number of aromatic nitrogens is 1. The Bertz CT molecular complexity index is 1440. The number of carboxylic acid groups (broad SMARTS) is 1. The van der Waals surface area contributed by atoms with Gasteiger partial charge in [0, 0.05) is 27.3 Å². The number of thioether (sulfide) groups is 1. The van der Waals surface area contributed by atoms with E-state index < -0.39 is 5.97 Å². The number of aryl methyl sites for hydroxylation is 1. The first kappa shape index (κ1) is 23.1. The number of hydrogen-bond acceptors (Lipinski definition) is 5. The topological polar surface area (TPSA) is 77.8 Å². The van der Waals surface area contributed by atoms with Crippen molar-refractivity contribution in [2.75, 3.05) is 12.4 Å². The van der Waals surface area contributed by atoms with Gasteiger partial charge in [-0.05, 0) is 61.4 Å². The molecule has 0 saturated heterocycles. The van der Waals surface area contributed by atoms with E-state index in [-0.39, 0.29) is 18.4 Å². The molecule has 0 saturated carbocycles. The Labute approximate surface area is 207 Å². The van der Waals surface area contributed by atoms with Crippen LogP contribution in [0.4, 0.5) is 0 Å². The average molecular weight is 488 g/mol. The molecule has 178 valence electrons. The van der Waals surface area contributed by atoms with Gasteiger partial charge in [0.05, 0.1) is 11.9 Å². The lowest BCUT2D eigenvalue weighted by Crippen LogP contribution is -2.29. The predicted octanol–water partition coefficient (Wildman–Crippen LogP) is 5.51. The summed E-state index contributed by atoms with van der Waals surface area (Å²) < 4.78 is 13.7. The number of carbonyl (C=O) groups is 2. The maximum absolute atomic E-state index is 13.6. The number of rotatable bonds is 6. The first-order valence-electron chi connectivity index (χ1n) is 11.4. The summed E-state index contributed by atoms with van der Waals surface area (Å²) in [5.41, 5.74) is 3.34. The molecule has 1 aromatic heterocycles. The third kappa shape index (κ3) is 4.51. The minimum atomic E-state index is -0.926. The van der Waals surface area contributed by atoms with Gasteiger partial charge in [0.1, 0.15) is 24.2 Å². The lowest BCUT2D eigenvalue weighted by atomic mass is 10.1. The molecule has 1 aliphatic heterocycles. The molecule has 6 nitrogen and oxygen atoms in total. The van der Waals surface area contributed by atoms with Crippen molar-refractivity contribution in [3.63, 3.8) is 0 Å². The van der Waals surface area contributed by atoms with Gasteiger partial charge < -0.3 is 14.6 Å². The van der Waals surface area contributed by atoms with Crippen molar-refractivity contribution >= 4 is 34.5 Å². The van der Waals surface area contributed by atoms with Crippen molar-refractivity contribution in [1.29, 1.82) is 0 Å². The highest BCUT2D eigenvalue weighted by Crippen LogP contribution is 2.35. The maximum atomic E-state index is 13.6. The van der Waals surface area contributed by atoms with Gasteiger partial charge in [0.2, 0.25) is 0 Å². The molecular formula is C28H25NO5S. The summed E-state index contributed by atoms with van der Waals surface area (Å²) in [6.07, 6.45) is -0.192. The summed E-state index contributed by atoms with van der Waals surface area (Å²) in [4.78, 5) is 26.2. The van der Waals surface area contributed by atoms with Crippen LogP contribution in [-0.4, -0.2) is 40.0 Å². The third-order valence-electron chi connectivity index (χ3n) is 6.21.